The van der Waals surface area contributed by atoms with Crippen LogP contribution >= 0.6 is 0 Å². The molecule has 0 bridgehead atoms. The Hall–Kier alpha value is -1.65. The molecule has 248 valence electrons. The van der Waals surface area contributed by atoms with Gasteiger partial charge in [0.25, 0.3) is 0 Å². The van der Waals surface area contributed by atoms with Gasteiger partial charge in [0.2, 0.25) is 0 Å². The van der Waals surface area contributed by atoms with Crippen LogP contribution in [0, 0.1) is 52.3 Å². The van der Waals surface area contributed by atoms with Crippen molar-refractivity contribution in [3.8, 4) is 5.75 Å². The third kappa shape index (κ3) is 6.20. The first-order chi connectivity index (χ1) is 20.5. The Kier molecular flexibility index (Phi) is 9.33. The number of fused-ring (bicyclic) bond motifs is 5. The van der Waals surface area contributed by atoms with Crippen LogP contribution in [0.4, 0.5) is 13.2 Å². The van der Waals surface area contributed by atoms with E-state index in [1.165, 1.54) is 0 Å². The second-order valence-corrected chi connectivity index (χ2v) is 16.9. The van der Waals surface area contributed by atoms with E-state index in [2.05, 4.69) is 32.4 Å². The van der Waals surface area contributed by atoms with Crippen LogP contribution < -0.4 is 4.74 Å². The average molecular weight is 643 g/mol. The van der Waals surface area contributed by atoms with E-state index in [0.29, 0.717) is 30.1 Å². The standard InChI is InChI=1S/C34H49F3O6S/c1-5-25-29-18-21(38)14-16-33(29,4)28-15-17-32(3)26(12-13-27(32)30(28)31(25)40)20(2)6-7-22(39)19-44(41,42)24-10-8-23(9-11-24)43-34(35,36)37/h8-11,20-21,25-31,38,40H,5-7,12-19H2,1-4H3/t20-,21-,25-,26-,27+,28+,29+,30+,31-,32-,33-/m1/s1. The zero-order valence-electron chi connectivity index (χ0n) is 26.4. The van der Waals surface area contributed by atoms with Gasteiger partial charge in [0.05, 0.1) is 17.1 Å². The van der Waals surface area contributed by atoms with Gasteiger partial charge in [-0.1, -0.05) is 34.1 Å². The van der Waals surface area contributed by atoms with Gasteiger partial charge in [0.15, 0.2) is 9.84 Å². The second-order valence-electron chi connectivity index (χ2n) is 15.0. The number of halogens is 3. The highest BCUT2D eigenvalue weighted by Gasteiger charge is 2.64. The molecule has 0 aliphatic heterocycles. The van der Waals surface area contributed by atoms with E-state index in [1.807, 2.05) is 0 Å². The Bertz CT molecular complexity index is 1300. The Morgan fingerprint density at radius 2 is 1.64 bits per heavy atom. The van der Waals surface area contributed by atoms with Crippen molar-refractivity contribution in [2.75, 3.05) is 5.75 Å². The highest BCUT2D eigenvalue weighted by atomic mass is 32.2. The van der Waals surface area contributed by atoms with Gasteiger partial charge in [0, 0.05) is 6.42 Å². The van der Waals surface area contributed by atoms with Crippen LogP contribution in [-0.4, -0.2) is 48.7 Å². The van der Waals surface area contributed by atoms with E-state index in [9.17, 15) is 36.6 Å². The Morgan fingerprint density at radius 1 is 1.00 bits per heavy atom. The molecule has 0 amide bonds. The Balaban J connectivity index is 1.22. The number of hydrogen-bond donors (Lipinski definition) is 2. The third-order valence-corrected chi connectivity index (χ3v) is 14.5. The van der Waals surface area contributed by atoms with Crippen LogP contribution in [0.25, 0.3) is 0 Å². The van der Waals surface area contributed by atoms with Crippen LogP contribution in [0.15, 0.2) is 29.2 Å². The van der Waals surface area contributed by atoms with Gasteiger partial charge in [-0.05, 0) is 128 Å². The van der Waals surface area contributed by atoms with Crippen molar-refractivity contribution in [3.63, 3.8) is 0 Å². The quantitative estimate of drug-likeness (QED) is 0.302. The molecule has 5 rings (SSSR count). The molecule has 11 atom stereocenters. The fourth-order valence-corrected chi connectivity index (χ4v) is 12.0. The first-order valence-corrected chi connectivity index (χ1v) is 18.1. The van der Waals surface area contributed by atoms with E-state index in [1.54, 1.807) is 0 Å². The van der Waals surface area contributed by atoms with Crippen LogP contribution in [0.1, 0.15) is 91.9 Å². The average Bonchev–Trinajstić information content (AvgIpc) is 3.29. The summed E-state index contributed by atoms with van der Waals surface area (Å²) in [5.74, 6) is 0.624. The molecule has 0 saturated heterocycles. The minimum Gasteiger partial charge on any atom is -0.406 e. The molecule has 2 N–H and O–H groups in total. The lowest BCUT2D eigenvalue weighted by atomic mass is 9.41. The summed E-state index contributed by atoms with van der Waals surface area (Å²) in [4.78, 5) is 12.6. The van der Waals surface area contributed by atoms with E-state index < -0.39 is 33.5 Å². The highest BCUT2D eigenvalue weighted by Crippen LogP contribution is 2.69. The molecule has 6 nitrogen and oxygen atoms in total. The SMILES string of the molecule is CC[C@H]1[C@@H](O)[C@@H]2[C@H](CC[C@]3(C)[C@@H]([C@H](C)CCC(=O)CS(=O)(=O)c4ccc(OC(F)(F)F)cc4)CC[C@@H]23)[C@@]2(C)CC[C@@H](O)C[C@@H]12. The topological polar surface area (TPSA) is 101 Å². The molecule has 0 spiro atoms. The van der Waals surface area contributed by atoms with Crippen molar-refractivity contribution >= 4 is 15.6 Å². The highest BCUT2D eigenvalue weighted by molar-refractivity contribution is 7.92. The number of ether oxygens (including phenoxy) is 1. The second kappa shape index (κ2) is 12.2. The maximum Gasteiger partial charge on any atom is 0.573 e. The molecule has 0 heterocycles. The monoisotopic (exact) mass is 642 g/mol. The number of carbonyl (C=O) groups excluding carboxylic acids is 1. The molecule has 0 unspecified atom stereocenters. The smallest absolute Gasteiger partial charge is 0.406 e. The fraction of sp³-hybridized carbons (Fsp3) is 0.794. The number of ketones is 1. The molecule has 0 radical (unpaired) electrons. The normalized spacial score (nSPS) is 39.6. The summed E-state index contributed by atoms with van der Waals surface area (Å²) in [5.41, 5.74) is 0.186. The van der Waals surface area contributed by atoms with Gasteiger partial charge >= 0.3 is 6.36 Å². The van der Waals surface area contributed by atoms with Crippen LogP contribution in [0.5, 0.6) is 5.75 Å². The molecule has 10 heteroatoms. The van der Waals surface area contributed by atoms with Crippen molar-refractivity contribution in [2.45, 2.75) is 115 Å². The minimum atomic E-state index is -4.88. The van der Waals surface area contributed by atoms with Crippen molar-refractivity contribution in [1.82, 2.24) is 0 Å². The van der Waals surface area contributed by atoms with Gasteiger partial charge in [-0.2, -0.15) is 0 Å². The van der Waals surface area contributed by atoms with Gasteiger partial charge in [-0.3, -0.25) is 4.79 Å². The zero-order valence-corrected chi connectivity index (χ0v) is 27.2. The lowest BCUT2D eigenvalue weighted by Crippen LogP contribution is -2.62. The third-order valence-electron chi connectivity index (χ3n) is 12.8. The summed E-state index contributed by atoms with van der Waals surface area (Å²) in [6.45, 7) is 9.15. The van der Waals surface area contributed by atoms with Gasteiger partial charge in [-0.15, -0.1) is 13.2 Å². The molecule has 1 aromatic carbocycles. The predicted octanol–water partition coefficient (Wildman–Crippen LogP) is 6.97. The summed E-state index contributed by atoms with van der Waals surface area (Å²) >= 11 is 0. The van der Waals surface area contributed by atoms with Crippen molar-refractivity contribution < 1.29 is 41.3 Å². The van der Waals surface area contributed by atoms with Crippen LogP contribution in [-0.2, 0) is 14.6 Å². The number of aliphatic hydroxyl groups is 2. The van der Waals surface area contributed by atoms with Crippen LogP contribution in [0.3, 0.4) is 0 Å². The molecule has 4 saturated carbocycles. The molecule has 4 aliphatic rings. The molecule has 4 aliphatic carbocycles. The Labute approximate surface area is 260 Å². The number of Topliss-reactive ketones (excluding diaryl/α,β-unsaturated/α-hetero) is 1. The van der Waals surface area contributed by atoms with E-state index in [-0.39, 0.29) is 52.1 Å². The summed E-state index contributed by atoms with van der Waals surface area (Å²) in [5, 5.41) is 22.4. The van der Waals surface area contributed by atoms with Gasteiger partial charge < -0.3 is 14.9 Å². The minimum absolute atomic E-state index is 0.0482. The number of alkyl halides is 3. The molecule has 44 heavy (non-hydrogen) atoms. The Morgan fingerprint density at radius 3 is 2.27 bits per heavy atom. The first kappa shape index (κ1) is 33.7. The van der Waals surface area contributed by atoms with E-state index in [4.69, 9.17) is 0 Å². The van der Waals surface area contributed by atoms with Gasteiger partial charge in [-0.25, -0.2) is 8.42 Å². The predicted molar refractivity (Wildman–Crippen MR) is 160 cm³/mol. The van der Waals surface area contributed by atoms with Crippen molar-refractivity contribution in [3.05, 3.63) is 24.3 Å². The van der Waals surface area contributed by atoms with Crippen molar-refractivity contribution in [2.24, 2.45) is 52.3 Å². The number of carbonyl (C=O) groups is 1. The fourth-order valence-electron chi connectivity index (χ4n) is 10.7. The molecule has 4 fully saturated rings. The summed E-state index contributed by atoms with van der Waals surface area (Å²) in [6, 6.07) is 3.93. The summed E-state index contributed by atoms with van der Waals surface area (Å²) < 4.78 is 66.7. The lowest BCUT2D eigenvalue weighted by molar-refractivity contribution is -0.274. The summed E-state index contributed by atoms with van der Waals surface area (Å²) in [6.07, 6.45) is 2.99. The van der Waals surface area contributed by atoms with Crippen molar-refractivity contribution in [1.29, 1.82) is 0 Å². The lowest BCUT2D eigenvalue weighted by Gasteiger charge is -2.64. The maximum atomic E-state index is 12.9. The molecule has 0 aromatic heterocycles. The van der Waals surface area contributed by atoms with E-state index >= 15 is 0 Å². The number of benzene rings is 1. The molecule has 1 aromatic rings. The number of sulfone groups is 1. The zero-order chi connectivity index (χ0) is 32.2. The molecular formula is C34H49F3O6S. The maximum absolute atomic E-state index is 12.9. The number of hydrogen-bond acceptors (Lipinski definition) is 6. The first-order valence-electron chi connectivity index (χ1n) is 16.5. The number of rotatable bonds is 9. The van der Waals surface area contributed by atoms with E-state index in [0.717, 1.165) is 75.6 Å². The van der Waals surface area contributed by atoms with Crippen LogP contribution in [0.2, 0.25) is 0 Å². The largest absolute Gasteiger partial charge is 0.573 e. The number of aliphatic hydroxyl groups excluding tert-OH is 2. The molecular weight excluding hydrogens is 593 g/mol. The summed E-state index contributed by atoms with van der Waals surface area (Å²) in [7, 11) is -3.99. The van der Waals surface area contributed by atoms with Gasteiger partial charge in [0.1, 0.15) is 17.3 Å².